The lowest BCUT2D eigenvalue weighted by Crippen LogP contribution is -2.49. The van der Waals surface area contributed by atoms with Crippen molar-refractivity contribution >= 4 is 13.1 Å². The summed E-state index contributed by atoms with van der Waals surface area (Å²) in [6, 6.07) is 5.14. The van der Waals surface area contributed by atoms with E-state index in [1.54, 1.807) is 6.07 Å². The van der Waals surface area contributed by atoms with Crippen LogP contribution in [0.1, 0.15) is 43.2 Å². The van der Waals surface area contributed by atoms with Crippen LogP contribution in [0.25, 0.3) is 0 Å². The minimum absolute atomic E-state index is 0.195. The van der Waals surface area contributed by atoms with Crippen LogP contribution in [0.15, 0.2) is 18.2 Å². The van der Waals surface area contributed by atoms with E-state index in [4.69, 9.17) is 15.8 Å². The monoisotopic (exact) mass is 423 g/mol. The molecule has 1 aromatic carbocycles. The Balaban J connectivity index is 1.70. The van der Waals surface area contributed by atoms with E-state index < -0.39 is 18.6 Å². The normalized spacial score (nSPS) is 17.6. The Morgan fingerprint density at radius 3 is 2.33 bits per heavy atom. The third-order valence-electron chi connectivity index (χ3n) is 5.83. The van der Waals surface area contributed by atoms with Crippen molar-refractivity contribution in [2.24, 2.45) is 5.73 Å². The summed E-state index contributed by atoms with van der Waals surface area (Å²) in [5.74, 6) is -1.19. The molecule has 5 N–H and O–H groups in total. The van der Waals surface area contributed by atoms with Crippen molar-refractivity contribution in [3.05, 3.63) is 35.1 Å². The number of unbranched alkanes of at least 4 members (excludes halogenated alkanes) is 1. The fraction of sp³-hybridized carbons (Fsp3) is 0.667. The fourth-order valence-corrected chi connectivity index (χ4v) is 4.06. The SMILES string of the molecule is Cc1cc(F)cc(CN2CCN(CCCC(N)(CCCCB(O)O)C(=O)O)CC2)c1. The molecule has 1 aliphatic rings. The summed E-state index contributed by atoms with van der Waals surface area (Å²) in [6.45, 7) is 7.02. The quantitative estimate of drug-likeness (QED) is 0.298. The standard InChI is InChI=1S/C21H35BFN3O4/c1-17-13-18(15-19(23)14-17)16-26-11-9-25(10-12-26)8-4-6-21(24,20(27)28)5-2-3-7-22(29)30/h13-15,29-30H,2-12,16,24H2,1H3,(H,27,28). The zero-order valence-electron chi connectivity index (χ0n) is 17.9. The Morgan fingerprint density at radius 1 is 1.10 bits per heavy atom. The average molecular weight is 423 g/mol. The predicted octanol–water partition coefficient (Wildman–Crippen LogP) is 1.46. The summed E-state index contributed by atoms with van der Waals surface area (Å²) in [4.78, 5) is 16.3. The molecule has 168 valence electrons. The van der Waals surface area contributed by atoms with E-state index >= 15 is 0 Å². The van der Waals surface area contributed by atoms with Crippen molar-refractivity contribution in [2.45, 2.75) is 57.4 Å². The molecule has 0 bridgehead atoms. The third-order valence-corrected chi connectivity index (χ3v) is 5.83. The first-order valence-electron chi connectivity index (χ1n) is 10.8. The Hall–Kier alpha value is -1.52. The van der Waals surface area contributed by atoms with Crippen LogP contribution in [0.5, 0.6) is 0 Å². The number of rotatable bonds is 12. The van der Waals surface area contributed by atoms with Gasteiger partial charge >= 0.3 is 13.1 Å². The molecule has 7 nitrogen and oxygen atoms in total. The molecule has 0 saturated carbocycles. The number of carbonyl (C=O) groups is 1. The van der Waals surface area contributed by atoms with Gasteiger partial charge in [-0.1, -0.05) is 18.9 Å². The predicted molar refractivity (Wildman–Crippen MR) is 115 cm³/mol. The summed E-state index contributed by atoms with van der Waals surface area (Å²) in [6.07, 6.45) is 2.75. The molecule has 0 aromatic heterocycles. The average Bonchev–Trinajstić information content (AvgIpc) is 2.65. The molecule has 0 spiro atoms. The van der Waals surface area contributed by atoms with E-state index in [1.807, 2.05) is 13.0 Å². The largest absolute Gasteiger partial charge is 0.480 e. The minimum Gasteiger partial charge on any atom is -0.480 e. The lowest BCUT2D eigenvalue weighted by Gasteiger charge is -2.35. The van der Waals surface area contributed by atoms with Gasteiger partial charge in [-0.25, -0.2) is 4.39 Å². The summed E-state index contributed by atoms with van der Waals surface area (Å²) in [7, 11) is -1.36. The van der Waals surface area contributed by atoms with Gasteiger partial charge in [0.25, 0.3) is 0 Å². The minimum atomic E-state index is -1.36. The molecule has 1 atom stereocenters. The van der Waals surface area contributed by atoms with Gasteiger partial charge in [0.15, 0.2) is 0 Å². The second-order valence-corrected chi connectivity index (χ2v) is 8.55. The molecule has 1 aromatic rings. The maximum absolute atomic E-state index is 13.6. The molecular formula is C21H35BFN3O4. The first-order valence-corrected chi connectivity index (χ1v) is 10.8. The van der Waals surface area contributed by atoms with Gasteiger partial charge in [0, 0.05) is 32.7 Å². The lowest BCUT2D eigenvalue weighted by atomic mass is 9.81. The number of aliphatic carboxylic acids is 1. The number of halogens is 1. The van der Waals surface area contributed by atoms with Gasteiger partial charge < -0.3 is 25.8 Å². The van der Waals surface area contributed by atoms with Gasteiger partial charge in [0.2, 0.25) is 0 Å². The Morgan fingerprint density at radius 2 is 1.73 bits per heavy atom. The van der Waals surface area contributed by atoms with Crippen molar-refractivity contribution in [2.75, 3.05) is 32.7 Å². The van der Waals surface area contributed by atoms with Gasteiger partial charge in [0.1, 0.15) is 11.4 Å². The Labute approximate surface area is 178 Å². The van der Waals surface area contributed by atoms with E-state index in [0.29, 0.717) is 32.1 Å². The number of nitrogens with zero attached hydrogens (tertiary/aromatic N) is 2. The van der Waals surface area contributed by atoms with E-state index in [-0.39, 0.29) is 12.1 Å². The molecule has 1 unspecified atom stereocenters. The molecule has 1 heterocycles. The second kappa shape index (κ2) is 11.8. The highest BCUT2D eigenvalue weighted by Crippen LogP contribution is 2.20. The van der Waals surface area contributed by atoms with Crippen molar-refractivity contribution < 1.29 is 24.3 Å². The molecule has 0 aliphatic carbocycles. The maximum Gasteiger partial charge on any atom is 0.451 e. The number of aryl methyl sites for hydroxylation is 1. The third kappa shape index (κ3) is 8.31. The Kier molecular flexibility index (Phi) is 9.70. The van der Waals surface area contributed by atoms with Crippen LogP contribution < -0.4 is 5.73 Å². The summed E-state index contributed by atoms with van der Waals surface area (Å²) >= 11 is 0. The molecule has 2 rings (SSSR count). The highest BCUT2D eigenvalue weighted by atomic mass is 19.1. The van der Waals surface area contributed by atoms with Crippen molar-refractivity contribution in [3.8, 4) is 0 Å². The van der Waals surface area contributed by atoms with Crippen molar-refractivity contribution in [1.29, 1.82) is 0 Å². The summed E-state index contributed by atoms with van der Waals surface area (Å²) < 4.78 is 13.6. The number of hydrogen-bond donors (Lipinski definition) is 4. The molecule has 1 aliphatic heterocycles. The zero-order chi connectivity index (χ0) is 22.1. The van der Waals surface area contributed by atoms with Crippen LogP contribution in [0.3, 0.4) is 0 Å². The maximum atomic E-state index is 13.6. The van der Waals surface area contributed by atoms with Crippen molar-refractivity contribution in [3.63, 3.8) is 0 Å². The highest BCUT2D eigenvalue weighted by Gasteiger charge is 2.33. The molecule has 1 saturated heterocycles. The van der Waals surface area contributed by atoms with Crippen LogP contribution >= 0.6 is 0 Å². The van der Waals surface area contributed by atoms with Crippen LogP contribution in [0.2, 0.25) is 6.32 Å². The molecule has 9 heteroatoms. The van der Waals surface area contributed by atoms with Crippen molar-refractivity contribution in [1.82, 2.24) is 9.80 Å². The van der Waals surface area contributed by atoms with E-state index in [2.05, 4.69) is 9.80 Å². The summed E-state index contributed by atoms with van der Waals surface area (Å²) in [5, 5.41) is 27.3. The number of nitrogens with two attached hydrogens (primary N) is 1. The highest BCUT2D eigenvalue weighted by molar-refractivity contribution is 6.40. The lowest BCUT2D eigenvalue weighted by molar-refractivity contribution is -0.144. The zero-order valence-corrected chi connectivity index (χ0v) is 17.9. The van der Waals surface area contributed by atoms with Crippen LogP contribution in [-0.2, 0) is 11.3 Å². The Bertz CT molecular complexity index is 666. The smallest absolute Gasteiger partial charge is 0.451 e. The first kappa shape index (κ1) is 24.8. The van der Waals surface area contributed by atoms with Crippen LogP contribution in [0, 0.1) is 12.7 Å². The van der Waals surface area contributed by atoms with Gasteiger partial charge in [0.05, 0.1) is 0 Å². The number of hydrogen-bond acceptors (Lipinski definition) is 6. The molecule has 30 heavy (non-hydrogen) atoms. The summed E-state index contributed by atoms with van der Waals surface area (Å²) in [5.41, 5.74) is 6.78. The molecular weight excluding hydrogens is 388 g/mol. The van der Waals surface area contributed by atoms with E-state index in [1.165, 1.54) is 6.07 Å². The van der Waals surface area contributed by atoms with Gasteiger partial charge in [-0.05, 0) is 62.3 Å². The number of piperazine rings is 1. The van der Waals surface area contributed by atoms with E-state index in [0.717, 1.165) is 50.4 Å². The fourth-order valence-electron chi connectivity index (χ4n) is 4.06. The topological polar surface area (TPSA) is 110 Å². The number of carboxylic acid groups (broad SMARTS) is 1. The van der Waals surface area contributed by atoms with Crippen LogP contribution in [0.4, 0.5) is 4.39 Å². The molecule has 0 radical (unpaired) electrons. The first-order chi connectivity index (χ1) is 14.2. The van der Waals surface area contributed by atoms with Gasteiger partial charge in [-0.15, -0.1) is 0 Å². The number of benzene rings is 1. The molecule has 1 fully saturated rings. The van der Waals surface area contributed by atoms with Crippen LogP contribution in [-0.4, -0.2) is 76.3 Å². The second-order valence-electron chi connectivity index (χ2n) is 8.55. The van der Waals surface area contributed by atoms with Gasteiger partial charge in [-0.2, -0.15) is 0 Å². The number of carboxylic acids is 1. The molecule has 0 amide bonds. The van der Waals surface area contributed by atoms with Gasteiger partial charge in [-0.3, -0.25) is 9.69 Å². The van der Waals surface area contributed by atoms with E-state index in [9.17, 15) is 14.3 Å².